The maximum absolute atomic E-state index is 15.2. The van der Waals surface area contributed by atoms with E-state index in [0.717, 1.165) is 20.7 Å². The molecule has 31 heteroatoms. The normalized spacial score (nSPS) is 25.2. The first-order valence-corrected chi connectivity index (χ1v) is 39.4. The zero-order valence-electron chi connectivity index (χ0n) is 68.9. The second-order valence-corrected chi connectivity index (χ2v) is 33.2. The van der Waals surface area contributed by atoms with Crippen LogP contribution in [0, 0.1) is 61.2 Å². The van der Waals surface area contributed by atoms with Crippen molar-refractivity contribution in [3.63, 3.8) is 0 Å². The minimum atomic E-state index is -1.86. The predicted molar refractivity (Wildman–Crippen MR) is 424 cm³/mol. The molecule has 3 aromatic carbocycles. The lowest BCUT2D eigenvalue weighted by Gasteiger charge is -2.35. The molecule has 8 amide bonds. The Labute approximate surface area is 671 Å². The van der Waals surface area contributed by atoms with Gasteiger partial charge in [0.25, 0.3) is 11.8 Å². The summed E-state index contributed by atoms with van der Waals surface area (Å²) in [6.45, 7) is 22.0. The van der Waals surface area contributed by atoms with E-state index in [1.807, 2.05) is 26.0 Å². The van der Waals surface area contributed by atoms with Crippen LogP contribution in [0.25, 0.3) is 33.5 Å². The second-order valence-electron chi connectivity index (χ2n) is 33.2. The zero-order valence-corrected chi connectivity index (χ0v) is 68.9. The van der Waals surface area contributed by atoms with Crippen LogP contribution < -0.4 is 42.8 Å². The number of aromatic nitrogens is 1. The Morgan fingerprint density at radius 2 is 1.09 bits per heavy atom. The van der Waals surface area contributed by atoms with Gasteiger partial charge < -0.3 is 74.4 Å². The number of Topliss-reactive ketones (excluding diaryl/α,β-unsaturated/α-hetero) is 2. The lowest BCUT2D eigenvalue weighted by atomic mass is 9.83. The van der Waals surface area contributed by atoms with Gasteiger partial charge in [0.05, 0.1) is 47.6 Å². The molecule has 2 saturated carbocycles. The Morgan fingerprint density at radius 1 is 0.603 bits per heavy atom. The van der Waals surface area contributed by atoms with Crippen LogP contribution >= 0.6 is 0 Å². The summed E-state index contributed by atoms with van der Waals surface area (Å²) in [5.41, 5.74) is 4.43. The van der Waals surface area contributed by atoms with Gasteiger partial charge in [-0.15, -0.1) is 0 Å². The third kappa shape index (κ3) is 18.1. The maximum atomic E-state index is 15.2. The molecule has 13 atom stereocenters. The molecule has 622 valence electrons. The average molecular weight is 1600 g/mol. The number of fused-ring (bicyclic) bond motifs is 6. The molecule has 31 nitrogen and oxygen atoms in total. The molecule has 0 radical (unpaired) electrons. The summed E-state index contributed by atoms with van der Waals surface area (Å²) < 4.78 is 35.3. The molecule has 116 heavy (non-hydrogen) atoms. The highest BCUT2D eigenvalue weighted by molar-refractivity contribution is 6.11. The van der Waals surface area contributed by atoms with E-state index in [9.17, 15) is 62.3 Å². The molecule has 4 fully saturated rings. The smallest absolute Gasteiger partial charge is 0.338 e. The molecule has 7 aliphatic rings. The number of nitrogen functional groups attached to an aromatic ring is 1. The molecule has 0 bridgehead atoms. The lowest BCUT2D eigenvalue weighted by molar-refractivity contribution is -0.163. The molecule has 2 saturated heterocycles. The van der Waals surface area contributed by atoms with E-state index in [-0.39, 0.29) is 45.8 Å². The van der Waals surface area contributed by atoms with Crippen molar-refractivity contribution in [1.82, 2.24) is 45.9 Å². The number of nitrogens with one attached hydrogen (secondary N) is 4. The SMILES string of the molecule is CC(C)(OC(=O)c1ccccc1)C1Cc2cc3ccc(=O)oc3cc2O1.Cc1c2oc3c(C)ccc(C(=O)NC4C(=O)NC(C(C)C)C(=O)C5CCCC5C(=O)N(C)CC(=O)N(C)C(C(C)C)C(=O)OC4C)c3nc-2c(C(=O)NC2C(=O)NC(C(C)C)C(=O)C3CCCC3C(=O)N(C)CC(=O)N(C)C(C(C)C)C(=O)OC2C)c(N)c1=O. The molecule has 13 unspecified atom stereocenters. The maximum Gasteiger partial charge on any atom is 0.338 e. The molecule has 3 aliphatic carbocycles. The number of rotatable bonds is 11. The number of cyclic esters (lactones) is 2. The predicted octanol–water partition coefficient (Wildman–Crippen LogP) is 6.45. The molecule has 11 rings (SSSR count). The highest BCUT2D eigenvalue weighted by Gasteiger charge is 2.49. The number of anilines is 1. The number of benzene rings is 4. The van der Waals surface area contributed by atoms with Gasteiger partial charge in [-0.25, -0.2) is 24.2 Å². The molecule has 1 aromatic heterocycles. The van der Waals surface area contributed by atoms with E-state index in [0.29, 0.717) is 67.4 Å². The van der Waals surface area contributed by atoms with Crippen LogP contribution in [0.2, 0.25) is 0 Å². The van der Waals surface area contributed by atoms with Crippen molar-refractivity contribution in [1.29, 1.82) is 0 Å². The molecule has 6 N–H and O–H groups in total. The van der Waals surface area contributed by atoms with Gasteiger partial charge in [-0.1, -0.05) is 92.5 Å². The van der Waals surface area contributed by atoms with Crippen LogP contribution in [0.3, 0.4) is 0 Å². The first kappa shape index (κ1) is 87.0. The van der Waals surface area contributed by atoms with Crippen LogP contribution in [-0.4, -0.2) is 203 Å². The number of aryl methyl sites for hydroxylation is 1. The number of carbonyl (C=O) groups excluding carboxylic acids is 13. The van der Waals surface area contributed by atoms with Crippen molar-refractivity contribution < 1.29 is 90.1 Å². The van der Waals surface area contributed by atoms with Gasteiger partial charge in [0.2, 0.25) is 40.9 Å². The van der Waals surface area contributed by atoms with E-state index in [2.05, 4.69) is 21.3 Å². The summed E-state index contributed by atoms with van der Waals surface area (Å²) >= 11 is 0. The summed E-state index contributed by atoms with van der Waals surface area (Å²) in [6.07, 6.45) is -0.369. The number of hydrogen-bond acceptors (Lipinski definition) is 23. The van der Waals surface area contributed by atoms with Gasteiger partial charge in [-0.05, 0) is 132 Å². The Hall–Kier alpha value is -11.4. The summed E-state index contributed by atoms with van der Waals surface area (Å²) in [6, 6.07) is 9.96. The zero-order chi connectivity index (χ0) is 85.3. The van der Waals surface area contributed by atoms with Crippen molar-refractivity contribution in [3.05, 3.63) is 121 Å². The van der Waals surface area contributed by atoms with E-state index >= 15 is 9.59 Å². The number of carbonyl (C=O) groups is 13. The van der Waals surface area contributed by atoms with Crippen LogP contribution in [-0.2, 0) is 68.6 Å². The average Bonchev–Trinajstić information content (AvgIpc) is 0.852. The standard InChI is InChI=1S/C64H88N10O16.C21H18O5/c1-27(2)44-53(78)35-19-17-21-37(35)61(84)71(13)25-40(75)73(15)50(29(5)6)63(86)88-33(11)46(59(82)67-44)69-57(80)39-24-23-31(9)55-48(39)66-49-42(43(65)52(77)32(10)56(49)90-55)58(81)70-47-34(12)89-64(87)51(30(7)8)74(16)41(76)26-72(14)62(85)38-22-18-20-36(38)54(79)45(28(3)4)68-60(47)83;1-21(2,26-20(23)13-6-4-3-5-7-13)18-11-15-10-14-8-9-19(22)25-16(14)12-17(15)24-18/h23-24,27-30,33-38,44-47,50-51H,17-22,25-26,65H2,1-16H3,(H,67,82)(H,68,83)(H,69,80)(H,70,81);3-10,12,18H,11H2,1-2H3. The van der Waals surface area contributed by atoms with E-state index in [4.69, 9.17) is 38.5 Å². The van der Waals surface area contributed by atoms with Gasteiger partial charge in [-0.2, -0.15) is 0 Å². The topological polar surface area (TPSA) is 419 Å². The van der Waals surface area contributed by atoms with Crippen LogP contribution in [0.5, 0.6) is 5.75 Å². The minimum Gasteiger partial charge on any atom is -0.485 e. The monoisotopic (exact) mass is 1600 g/mol. The Balaban J connectivity index is 0.000000456. The molecular weight excluding hydrogens is 1500 g/mol. The molecule has 5 heterocycles. The number of hydrogen-bond donors (Lipinski definition) is 5. The molecule has 4 aromatic rings. The Bertz CT molecular complexity index is 4970. The summed E-state index contributed by atoms with van der Waals surface area (Å²) in [5.74, 6) is -14.6. The highest BCUT2D eigenvalue weighted by atomic mass is 16.6. The van der Waals surface area contributed by atoms with Crippen molar-refractivity contribution in [2.24, 2.45) is 47.3 Å². The largest absolute Gasteiger partial charge is 0.485 e. The second kappa shape index (κ2) is 35.4. The van der Waals surface area contributed by atoms with Crippen LogP contribution in [0.15, 0.2) is 85.2 Å². The van der Waals surface area contributed by atoms with E-state index in [1.54, 1.807) is 98.7 Å². The quantitative estimate of drug-likeness (QED) is 0.0306. The Morgan fingerprint density at radius 3 is 1.59 bits per heavy atom. The number of ketones is 2. The van der Waals surface area contributed by atoms with Crippen LogP contribution in [0.4, 0.5) is 5.69 Å². The highest BCUT2D eigenvalue weighted by Crippen LogP contribution is 2.41. The molecular formula is C85H106N10O21. The summed E-state index contributed by atoms with van der Waals surface area (Å²) in [7, 11) is 5.66. The first-order chi connectivity index (χ1) is 54.5. The lowest BCUT2D eigenvalue weighted by Crippen LogP contribution is -2.59. The molecule has 4 aliphatic heterocycles. The number of amides is 8. The Kier molecular flexibility index (Phi) is 26.5. The van der Waals surface area contributed by atoms with Gasteiger partial charge >= 0.3 is 23.5 Å². The van der Waals surface area contributed by atoms with Crippen molar-refractivity contribution in [2.75, 3.05) is 47.0 Å². The third-order valence-corrected chi connectivity index (χ3v) is 23.0. The first-order valence-electron chi connectivity index (χ1n) is 39.4. The summed E-state index contributed by atoms with van der Waals surface area (Å²) in [4.78, 5) is 221. The van der Waals surface area contributed by atoms with E-state index < -0.39 is 208 Å². The van der Waals surface area contributed by atoms with Gasteiger partial charge in [0.15, 0.2) is 22.9 Å². The number of nitrogens with two attached hydrogens (primary N) is 1. The third-order valence-electron chi connectivity index (χ3n) is 23.0. The fraction of sp³-hybridized carbons (Fsp3) is 0.529. The van der Waals surface area contributed by atoms with Gasteiger partial charge in [0, 0.05) is 81.4 Å². The van der Waals surface area contributed by atoms with E-state index in [1.165, 1.54) is 77.0 Å². The minimum absolute atomic E-state index is 0.0668. The number of esters is 3. The van der Waals surface area contributed by atoms with Crippen molar-refractivity contribution >= 4 is 104 Å². The van der Waals surface area contributed by atoms with Crippen LogP contribution in [0.1, 0.15) is 169 Å². The summed E-state index contributed by atoms with van der Waals surface area (Å²) in [5, 5.41) is 11.6. The fourth-order valence-electron chi connectivity index (χ4n) is 16.3. The van der Waals surface area contributed by atoms with Gasteiger partial charge in [-0.3, -0.25) is 52.7 Å². The van der Waals surface area contributed by atoms with Crippen molar-refractivity contribution in [3.8, 4) is 17.2 Å². The number of ether oxygens (including phenoxy) is 4. The number of likely N-dealkylation sites (N-methyl/N-ethyl adjacent to an activating group) is 4. The fourth-order valence-corrected chi connectivity index (χ4v) is 16.3. The van der Waals surface area contributed by atoms with Gasteiger partial charge in [0.1, 0.15) is 70.6 Å². The van der Waals surface area contributed by atoms with Crippen molar-refractivity contribution in [2.45, 2.75) is 202 Å². The number of nitrogens with zero attached hydrogens (tertiary/aromatic N) is 5. The molecule has 0 spiro atoms.